The van der Waals surface area contributed by atoms with Crippen LogP contribution in [0.3, 0.4) is 0 Å². The molecule has 0 fully saturated rings. The Balaban J connectivity index is 1.73. The van der Waals surface area contributed by atoms with Gasteiger partial charge in [-0.2, -0.15) is 0 Å². The van der Waals surface area contributed by atoms with E-state index in [1.54, 1.807) is 0 Å². The van der Waals surface area contributed by atoms with E-state index in [-0.39, 0.29) is 0 Å². The first-order valence-corrected chi connectivity index (χ1v) is 11.5. The molecule has 29 heavy (non-hydrogen) atoms. The van der Waals surface area contributed by atoms with Gasteiger partial charge in [-0.3, -0.25) is 0 Å². The molecule has 2 heteroatoms. The predicted octanol–water partition coefficient (Wildman–Crippen LogP) is 7.34. The Hall–Kier alpha value is -2.27. The lowest BCUT2D eigenvalue weighted by atomic mass is 10.1. The highest BCUT2D eigenvalue weighted by Gasteiger charge is 1.97. The summed E-state index contributed by atoms with van der Waals surface area (Å²) in [6.07, 6.45) is 15.9. The molecule has 0 saturated carbocycles. The van der Waals surface area contributed by atoms with E-state index in [2.05, 4.69) is 36.7 Å². The van der Waals surface area contributed by atoms with Crippen molar-refractivity contribution in [1.29, 1.82) is 0 Å². The van der Waals surface area contributed by atoms with Gasteiger partial charge in [0.25, 0.3) is 0 Å². The zero-order valence-corrected chi connectivity index (χ0v) is 18.4. The number of hydrogen-bond donors (Lipinski definition) is 0. The highest BCUT2D eigenvalue weighted by Crippen LogP contribution is 2.13. The lowest BCUT2D eigenvalue weighted by molar-refractivity contribution is 0.304. The van der Waals surface area contributed by atoms with Crippen LogP contribution >= 0.6 is 0 Å². The summed E-state index contributed by atoms with van der Waals surface area (Å²) >= 11 is 0. The largest absolute Gasteiger partial charge is 0.494 e. The Morgan fingerprint density at radius 2 is 1.41 bits per heavy atom. The lowest BCUT2D eigenvalue weighted by Gasteiger charge is -2.05. The molecule has 1 heterocycles. The Morgan fingerprint density at radius 3 is 2.07 bits per heavy atom. The lowest BCUT2D eigenvalue weighted by Crippen LogP contribution is -1.97. The first-order chi connectivity index (χ1) is 14.3. The summed E-state index contributed by atoms with van der Waals surface area (Å²) in [4.78, 5) is 4.50. The minimum Gasteiger partial charge on any atom is -0.494 e. The fraction of sp³-hybridized carbons (Fsp3) is 0.519. The van der Waals surface area contributed by atoms with Gasteiger partial charge in [-0.05, 0) is 61.1 Å². The molecule has 0 aliphatic carbocycles. The van der Waals surface area contributed by atoms with Crippen molar-refractivity contribution >= 4 is 0 Å². The van der Waals surface area contributed by atoms with Gasteiger partial charge in [-0.25, -0.2) is 4.98 Å². The van der Waals surface area contributed by atoms with E-state index in [1.165, 1.54) is 63.4 Å². The van der Waals surface area contributed by atoms with Gasteiger partial charge >= 0.3 is 0 Å². The van der Waals surface area contributed by atoms with Gasteiger partial charge in [0.15, 0.2) is 0 Å². The van der Waals surface area contributed by atoms with E-state index in [9.17, 15) is 0 Å². The zero-order chi connectivity index (χ0) is 20.6. The molecule has 0 N–H and O–H groups in total. The molecule has 0 spiro atoms. The predicted molar refractivity (Wildman–Crippen MR) is 123 cm³/mol. The summed E-state index contributed by atoms with van der Waals surface area (Å²) in [6.45, 7) is 5.29. The number of hydrogen-bond acceptors (Lipinski definition) is 2. The van der Waals surface area contributed by atoms with Crippen LogP contribution in [0.15, 0.2) is 42.6 Å². The maximum absolute atomic E-state index is 5.81. The Kier molecular flexibility index (Phi) is 11.7. The van der Waals surface area contributed by atoms with Crippen LogP contribution in [0.1, 0.15) is 94.9 Å². The fourth-order valence-corrected chi connectivity index (χ4v) is 3.25. The molecular formula is C27H37NO. The van der Waals surface area contributed by atoms with E-state index >= 15 is 0 Å². The van der Waals surface area contributed by atoms with Gasteiger partial charge in [-0.1, -0.05) is 77.2 Å². The van der Waals surface area contributed by atoms with Crippen molar-refractivity contribution in [2.45, 2.75) is 84.5 Å². The van der Waals surface area contributed by atoms with Crippen molar-refractivity contribution < 1.29 is 4.74 Å². The zero-order valence-electron chi connectivity index (χ0n) is 18.4. The highest BCUT2D eigenvalue weighted by molar-refractivity contribution is 5.42. The smallest absolute Gasteiger partial charge is 0.119 e. The monoisotopic (exact) mass is 391 g/mol. The van der Waals surface area contributed by atoms with Crippen molar-refractivity contribution in [3.8, 4) is 17.6 Å². The van der Waals surface area contributed by atoms with Crippen molar-refractivity contribution in [1.82, 2.24) is 4.98 Å². The van der Waals surface area contributed by atoms with E-state index in [1.807, 2.05) is 36.5 Å². The molecule has 0 radical (unpaired) electrons. The van der Waals surface area contributed by atoms with Crippen molar-refractivity contribution in [2.24, 2.45) is 0 Å². The number of benzene rings is 1. The molecule has 1 aromatic heterocycles. The molecule has 0 amide bonds. The standard InChI is InChI=1S/C27H37NO/c1-3-5-7-9-11-13-25-15-19-26(28-23-25)18-14-24-16-20-27(21-17-24)29-22-12-10-8-6-4-2/h15-17,19-21,23H,3-13,22H2,1-2H3. The molecule has 0 aliphatic rings. The normalized spacial score (nSPS) is 10.4. The summed E-state index contributed by atoms with van der Waals surface area (Å²) in [5.41, 5.74) is 3.12. The van der Waals surface area contributed by atoms with E-state index < -0.39 is 0 Å². The summed E-state index contributed by atoms with van der Waals surface area (Å²) in [7, 11) is 0. The minimum atomic E-state index is 0.795. The first kappa shape index (κ1) is 23.0. The van der Waals surface area contributed by atoms with Gasteiger partial charge < -0.3 is 4.74 Å². The van der Waals surface area contributed by atoms with Crippen LogP contribution in [0.4, 0.5) is 0 Å². The van der Waals surface area contributed by atoms with E-state index in [0.29, 0.717) is 0 Å². The number of unbranched alkanes of at least 4 members (excludes halogenated alkanes) is 8. The quantitative estimate of drug-likeness (QED) is 0.263. The maximum atomic E-state index is 5.81. The van der Waals surface area contributed by atoms with Gasteiger partial charge in [0.1, 0.15) is 11.4 Å². The second-order valence-electron chi connectivity index (χ2n) is 7.75. The molecule has 2 nitrogen and oxygen atoms in total. The van der Waals surface area contributed by atoms with Crippen molar-refractivity contribution in [3.05, 3.63) is 59.4 Å². The van der Waals surface area contributed by atoms with Gasteiger partial charge in [0.2, 0.25) is 0 Å². The number of ether oxygens (including phenoxy) is 1. The highest BCUT2D eigenvalue weighted by atomic mass is 16.5. The van der Waals surface area contributed by atoms with Gasteiger partial charge in [0, 0.05) is 11.8 Å². The molecule has 2 aromatic rings. The summed E-state index contributed by atoms with van der Waals surface area (Å²) in [5.74, 6) is 7.28. The van der Waals surface area contributed by atoms with Crippen LogP contribution in [-0.4, -0.2) is 11.6 Å². The van der Waals surface area contributed by atoms with Gasteiger partial charge in [-0.15, -0.1) is 0 Å². The number of pyridine rings is 1. The fourth-order valence-electron chi connectivity index (χ4n) is 3.25. The van der Waals surface area contributed by atoms with Crippen molar-refractivity contribution in [3.63, 3.8) is 0 Å². The number of nitrogens with zero attached hydrogens (tertiary/aromatic N) is 1. The van der Waals surface area contributed by atoms with Crippen LogP contribution in [0.5, 0.6) is 5.75 Å². The number of aryl methyl sites for hydroxylation is 1. The molecule has 1 aromatic carbocycles. The number of rotatable bonds is 13. The summed E-state index contributed by atoms with van der Waals surface area (Å²) in [5, 5.41) is 0. The Morgan fingerprint density at radius 1 is 0.724 bits per heavy atom. The molecule has 0 bridgehead atoms. The number of aromatic nitrogens is 1. The van der Waals surface area contributed by atoms with E-state index in [4.69, 9.17) is 4.74 Å². The first-order valence-electron chi connectivity index (χ1n) is 11.5. The SMILES string of the molecule is CCCCCCCOc1ccc(C#Cc2ccc(CCCCCCC)cn2)cc1. The molecule has 0 aliphatic heterocycles. The van der Waals surface area contributed by atoms with Crippen LogP contribution in [0.25, 0.3) is 0 Å². The Bertz CT molecular complexity index is 722. The molecule has 0 unspecified atom stereocenters. The third-order valence-electron chi connectivity index (χ3n) is 5.10. The average Bonchev–Trinajstić information content (AvgIpc) is 2.76. The van der Waals surface area contributed by atoms with Crippen LogP contribution in [-0.2, 0) is 6.42 Å². The maximum Gasteiger partial charge on any atom is 0.119 e. The molecule has 2 rings (SSSR count). The summed E-state index contributed by atoms with van der Waals surface area (Å²) in [6, 6.07) is 12.2. The van der Waals surface area contributed by atoms with E-state index in [0.717, 1.165) is 36.5 Å². The summed E-state index contributed by atoms with van der Waals surface area (Å²) < 4.78 is 5.81. The van der Waals surface area contributed by atoms with Crippen molar-refractivity contribution in [2.75, 3.05) is 6.61 Å². The third-order valence-corrected chi connectivity index (χ3v) is 5.10. The van der Waals surface area contributed by atoms with Crippen LogP contribution in [0.2, 0.25) is 0 Å². The molecule has 156 valence electrons. The Labute approximate surface area is 178 Å². The molecule has 0 saturated heterocycles. The molecule has 0 atom stereocenters. The van der Waals surface area contributed by atoms with Gasteiger partial charge in [0.05, 0.1) is 6.61 Å². The minimum absolute atomic E-state index is 0.795. The topological polar surface area (TPSA) is 22.1 Å². The third kappa shape index (κ3) is 10.2. The van der Waals surface area contributed by atoms with Crippen LogP contribution in [0, 0.1) is 11.8 Å². The molecular weight excluding hydrogens is 354 g/mol. The second-order valence-corrected chi connectivity index (χ2v) is 7.75. The van der Waals surface area contributed by atoms with Crippen LogP contribution < -0.4 is 4.74 Å². The second kappa shape index (κ2) is 14.7. The average molecular weight is 392 g/mol.